The lowest BCUT2D eigenvalue weighted by molar-refractivity contribution is 1.09. The normalized spacial score (nSPS) is 9.71. The zero-order valence-corrected chi connectivity index (χ0v) is 7.78. The molecule has 2 rings (SSSR count). The van der Waals surface area contributed by atoms with Crippen molar-refractivity contribution in [2.75, 3.05) is 0 Å². The van der Waals surface area contributed by atoms with Gasteiger partial charge in [-0.25, -0.2) is 0 Å². The smallest absolute Gasteiger partial charge is 0.133 e. The number of nitrogens with one attached hydrogen (secondary N) is 1. The lowest BCUT2D eigenvalue weighted by Crippen LogP contribution is -1.86. The SMILES string of the molecule is N#Cc1cccnc1-c1cn[nH]c1Cl. The Morgan fingerprint density at radius 3 is 3.00 bits per heavy atom. The van der Waals surface area contributed by atoms with Crippen LogP contribution >= 0.6 is 11.6 Å². The minimum absolute atomic E-state index is 0.389. The first-order valence-electron chi connectivity index (χ1n) is 3.87. The van der Waals surface area contributed by atoms with Crippen molar-refractivity contribution in [2.24, 2.45) is 0 Å². The summed E-state index contributed by atoms with van der Waals surface area (Å²) in [6, 6.07) is 5.44. The summed E-state index contributed by atoms with van der Waals surface area (Å²) >= 11 is 5.84. The Labute approximate surface area is 85.2 Å². The molecule has 0 saturated carbocycles. The summed E-state index contributed by atoms with van der Waals surface area (Å²) in [6.45, 7) is 0. The second kappa shape index (κ2) is 3.48. The van der Waals surface area contributed by atoms with Crippen LogP contribution in [-0.2, 0) is 0 Å². The molecule has 2 heterocycles. The van der Waals surface area contributed by atoms with E-state index in [2.05, 4.69) is 15.2 Å². The van der Waals surface area contributed by atoms with Gasteiger partial charge >= 0.3 is 0 Å². The molecule has 14 heavy (non-hydrogen) atoms. The minimum Gasteiger partial charge on any atom is -0.267 e. The highest BCUT2D eigenvalue weighted by Crippen LogP contribution is 2.25. The van der Waals surface area contributed by atoms with E-state index in [0.29, 0.717) is 22.0 Å². The van der Waals surface area contributed by atoms with Crippen molar-refractivity contribution in [1.29, 1.82) is 5.26 Å². The molecule has 0 aromatic carbocycles. The highest BCUT2D eigenvalue weighted by Gasteiger charge is 2.10. The van der Waals surface area contributed by atoms with Gasteiger partial charge in [-0.05, 0) is 12.1 Å². The molecular weight excluding hydrogens is 200 g/mol. The van der Waals surface area contributed by atoms with E-state index in [1.54, 1.807) is 24.5 Å². The van der Waals surface area contributed by atoms with E-state index in [-0.39, 0.29) is 0 Å². The third-order valence-corrected chi connectivity index (χ3v) is 2.06. The number of hydrogen-bond donors (Lipinski definition) is 1. The fourth-order valence-corrected chi connectivity index (χ4v) is 1.33. The van der Waals surface area contributed by atoms with E-state index in [1.165, 1.54) is 0 Å². The Balaban J connectivity index is 2.64. The molecule has 68 valence electrons. The highest BCUT2D eigenvalue weighted by atomic mass is 35.5. The largest absolute Gasteiger partial charge is 0.267 e. The first-order chi connectivity index (χ1) is 6.83. The molecule has 0 saturated heterocycles. The number of hydrogen-bond acceptors (Lipinski definition) is 3. The molecule has 0 radical (unpaired) electrons. The maximum atomic E-state index is 8.84. The average Bonchev–Trinajstić information content (AvgIpc) is 2.64. The lowest BCUT2D eigenvalue weighted by Gasteiger charge is -1.98. The summed E-state index contributed by atoms with van der Waals surface area (Å²) in [5.41, 5.74) is 1.67. The van der Waals surface area contributed by atoms with Crippen LogP contribution in [0.15, 0.2) is 24.5 Å². The molecule has 2 aromatic heterocycles. The molecule has 0 fully saturated rings. The van der Waals surface area contributed by atoms with Crippen molar-refractivity contribution in [3.63, 3.8) is 0 Å². The molecule has 0 bridgehead atoms. The Kier molecular flexibility index (Phi) is 2.17. The average molecular weight is 205 g/mol. The van der Waals surface area contributed by atoms with Gasteiger partial charge in [-0.1, -0.05) is 11.6 Å². The topological polar surface area (TPSA) is 65.4 Å². The molecule has 0 amide bonds. The summed E-state index contributed by atoms with van der Waals surface area (Å²) < 4.78 is 0. The van der Waals surface area contributed by atoms with Gasteiger partial charge in [-0.15, -0.1) is 0 Å². The summed E-state index contributed by atoms with van der Waals surface area (Å²) in [5.74, 6) is 0. The summed E-state index contributed by atoms with van der Waals surface area (Å²) in [5, 5.41) is 15.6. The number of aromatic nitrogens is 3. The quantitative estimate of drug-likeness (QED) is 0.773. The molecule has 2 aromatic rings. The maximum Gasteiger partial charge on any atom is 0.133 e. The van der Waals surface area contributed by atoms with E-state index < -0.39 is 0 Å². The Morgan fingerprint density at radius 2 is 2.36 bits per heavy atom. The zero-order chi connectivity index (χ0) is 9.97. The van der Waals surface area contributed by atoms with Crippen molar-refractivity contribution >= 4 is 11.6 Å². The maximum absolute atomic E-state index is 8.84. The third kappa shape index (κ3) is 1.34. The van der Waals surface area contributed by atoms with Gasteiger partial charge in [0.1, 0.15) is 11.2 Å². The van der Waals surface area contributed by atoms with Gasteiger partial charge in [0.15, 0.2) is 0 Å². The Hall–Kier alpha value is -1.86. The van der Waals surface area contributed by atoms with Gasteiger partial charge in [-0.2, -0.15) is 10.4 Å². The van der Waals surface area contributed by atoms with Crippen molar-refractivity contribution < 1.29 is 0 Å². The zero-order valence-electron chi connectivity index (χ0n) is 7.03. The van der Waals surface area contributed by atoms with Crippen LogP contribution in [0, 0.1) is 11.3 Å². The van der Waals surface area contributed by atoms with E-state index >= 15 is 0 Å². The number of halogens is 1. The molecule has 5 heteroatoms. The molecule has 1 N–H and O–H groups in total. The fraction of sp³-hybridized carbons (Fsp3) is 0. The monoisotopic (exact) mass is 204 g/mol. The summed E-state index contributed by atoms with van der Waals surface area (Å²) in [4.78, 5) is 4.09. The van der Waals surface area contributed by atoms with Crippen LogP contribution in [0.2, 0.25) is 5.15 Å². The molecule has 4 nitrogen and oxygen atoms in total. The summed E-state index contributed by atoms with van der Waals surface area (Å²) in [7, 11) is 0. The highest BCUT2D eigenvalue weighted by molar-refractivity contribution is 6.32. The van der Waals surface area contributed by atoms with E-state index in [9.17, 15) is 0 Å². The van der Waals surface area contributed by atoms with Crippen LogP contribution in [0.3, 0.4) is 0 Å². The van der Waals surface area contributed by atoms with Crippen LogP contribution in [0.4, 0.5) is 0 Å². The van der Waals surface area contributed by atoms with E-state index in [4.69, 9.17) is 16.9 Å². The number of aromatic amines is 1. The van der Waals surface area contributed by atoms with Gasteiger partial charge in [0, 0.05) is 6.20 Å². The molecule has 0 aliphatic carbocycles. The minimum atomic E-state index is 0.389. The van der Waals surface area contributed by atoms with Gasteiger partial charge in [0.05, 0.1) is 23.0 Å². The Morgan fingerprint density at radius 1 is 1.50 bits per heavy atom. The number of pyridine rings is 1. The van der Waals surface area contributed by atoms with E-state index in [0.717, 1.165) is 0 Å². The van der Waals surface area contributed by atoms with Crippen molar-refractivity contribution in [3.8, 4) is 17.3 Å². The van der Waals surface area contributed by atoms with Crippen LogP contribution in [0.25, 0.3) is 11.3 Å². The summed E-state index contributed by atoms with van der Waals surface area (Å²) in [6.07, 6.45) is 3.16. The van der Waals surface area contributed by atoms with Gasteiger partial charge in [0.2, 0.25) is 0 Å². The molecule has 0 aliphatic heterocycles. The van der Waals surface area contributed by atoms with Crippen LogP contribution < -0.4 is 0 Å². The predicted octanol–water partition coefficient (Wildman–Crippen LogP) is 2.00. The molecule has 0 aliphatic rings. The van der Waals surface area contributed by atoms with E-state index in [1.807, 2.05) is 6.07 Å². The van der Waals surface area contributed by atoms with Gasteiger partial charge < -0.3 is 0 Å². The third-order valence-electron chi connectivity index (χ3n) is 1.78. The first-order valence-corrected chi connectivity index (χ1v) is 4.25. The first kappa shape index (κ1) is 8.73. The van der Waals surface area contributed by atoms with Crippen LogP contribution in [0.5, 0.6) is 0 Å². The van der Waals surface area contributed by atoms with Crippen LogP contribution in [0.1, 0.15) is 5.56 Å². The number of nitriles is 1. The Bertz CT molecular complexity index is 498. The number of H-pyrrole nitrogens is 1. The van der Waals surface area contributed by atoms with Crippen LogP contribution in [-0.4, -0.2) is 15.2 Å². The lowest BCUT2D eigenvalue weighted by atomic mass is 10.1. The van der Waals surface area contributed by atoms with Gasteiger partial charge in [0.25, 0.3) is 0 Å². The number of rotatable bonds is 1. The predicted molar refractivity (Wildman–Crippen MR) is 51.5 cm³/mol. The second-order valence-corrected chi connectivity index (χ2v) is 2.99. The standard InChI is InChI=1S/C9H5ClN4/c10-9-7(5-13-14-9)8-6(4-11)2-1-3-12-8/h1-3,5H,(H,13,14). The van der Waals surface area contributed by atoms with Crippen molar-refractivity contribution in [1.82, 2.24) is 15.2 Å². The second-order valence-electron chi connectivity index (χ2n) is 2.61. The molecule has 0 unspecified atom stereocenters. The fourth-order valence-electron chi connectivity index (χ4n) is 1.15. The molecular formula is C9H5ClN4. The molecule has 0 spiro atoms. The van der Waals surface area contributed by atoms with Crippen molar-refractivity contribution in [3.05, 3.63) is 35.2 Å². The number of nitrogens with zero attached hydrogens (tertiary/aromatic N) is 3. The van der Waals surface area contributed by atoms with Crippen molar-refractivity contribution in [2.45, 2.75) is 0 Å². The molecule has 0 atom stereocenters. The van der Waals surface area contributed by atoms with Gasteiger partial charge in [-0.3, -0.25) is 10.1 Å².